The second-order valence-corrected chi connectivity index (χ2v) is 4.17. The largest absolute Gasteiger partial charge is 0.508 e. The lowest BCUT2D eigenvalue weighted by Gasteiger charge is -2.06. The summed E-state index contributed by atoms with van der Waals surface area (Å²) >= 11 is 0. The standard InChI is InChI=1S/C12H15NO2/c1-8-6-10(8)12(15)13-7-9-4-2-3-5-11(9)14/h2-5,8,10,14H,6-7H2,1H3,(H,13,15). The Morgan fingerprint density at radius 2 is 2.20 bits per heavy atom. The SMILES string of the molecule is CC1CC1C(=O)NCc1ccccc1O. The van der Waals surface area contributed by atoms with Crippen LogP contribution in [0.4, 0.5) is 0 Å². The summed E-state index contributed by atoms with van der Waals surface area (Å²) in [6, 6.07) is 7.05. The molecule has 3 nitrogen and oxygen atoms in total. The van der Waals surface area contributed by atoms with E-state index in [4.69, 9.17) is 0 Å². The van der Waals surface area contributed by atoms with Crippen molar-refractivity contribution in [1.82, 2.24) is 5.32 Å². The number of nitrogens with one attached hydrogen (secondary N) is 1. The third-order valence-corrected chi connectivity index (χ3v) is 2.89. The van der Waals surface area contributed by atoms with E-state index in [1.807, 2.05) is 12.1 Å². The van der Waals surface area contributed by atoms with Crippen LogP contribution in [0.5, 0.6) is 5.75 Å². The van der Waals surface area contributed by atoms with Crippen LogP contribution in [0.25, 0.3) is 0 Å². The molecule has 15 heavy (non-hydrogen) atoms. The minimum absolute atomic E-state index is 0.103. The molecule has 1 amide bonds. The van der Waals surface area contributed by atoms with Gasteiger partial charge in [-0.25, -0.2) is 0 Å². The van der Waals surface area contributed by atoms with Gasteiger partial charge in [0.15, 0.2) is 0 Å². The van der Waals surface area contributed by atoms with E-state index in [-0.39, 0.29) is 17.6 Å². The molecule has 0 radical (unpaired) electrons. The summed E-state index contributed by atoms with van der Waals surface area (Å²) in [6.45, 7) is 2.49. The van der Waals surface area contributed by atoms with Crippen molar-refractivity contribution < 1.29 is 9.90 Å². The van der Waals surface area contributed by atoms with Crippen LogP contribution < -0.4 is 5.32 Å². The zero-order valence-electron chi connectivity index (χ0n) is 8.73. The molecule has 0 saturated heterocycles. The van der Waals surface area contributed by atoms with Crippen LogP contribution in [0, 0.1) is 11.8 Å². The van der Waals surface area contributed by atoms with Crippen molar-refractivity contribution >= 4 is 5.91 Å². The molecule has 2 rings (SSSR count). The zero-order chi connectivity index (χ0) is 10.8. The maximum absolute atomic E-state index is 11.5. The van der Waals surface area contributed by atoms with E-state index in [0.717, 1.165) is 12.0 Å². The average molecular weight is 205 g/mol. The van der Waals surface area contributed by atoms with Crippen molar-refractivity contribution in [3.8, 4) is 5.75 Å². The van der Waals surface area contributed by atoms with Crippen LogP contribution in [0.2, 0.25) is 0 Å². The number of benzene rings is 1. The number of para-hydroxylation sites is 1. The van der Waals surface area contributed by atoms with Gasteiger partial charge in [0.05, 0.1) is 0 Å². The van der Waals surface area contributed by atoms with Crippen LogP contribution >= 0.6 is 0 Å². The number of carbonyl (C=O) groups excluding carboxylic acids is 1. The first-order valence-electron chi connectivity index (χ1n) is 5.23. The molecule has 0 heterocycles. The van der Waals surface area contributed by atoms with Gasteiger partial charge in [-0.15, -0.1) is 0 Å². The molecular weight excluding hydrogens is 190 g/mol. The molecule has 80 valence electrons. The number of hydrogen-bond acceptors (Lipinski definition) is 2. The number of amides is 1. The Hall–Kier alpha value is -1.51. The number of rotatable bonds is 3. The van der Waals surface area contributed by atoms with Gasteiger partial charge < -0.3 is 10.4 Å². The molecule has 1 fully saturated rings. The Kier molecular flexibility index (Phi) is 2.62. The Morgan fingerprint density at radius 3 is 2.80 bits per heavy atom. The zero-order valence-corrected chi connectivity index (χ0v) is 8.73. The molecule has 1 aromatic carbocycles. The predicted octanol–water partition coefficient (Wildman–Crippen LogP) is 1.66. The normalized spacial score (nSPS) is 23.5. The summed E-state index contributed by atoms with van der Waals surface area (Å²) in [5, 5.41) is 12.3. The third kappa shape index (κ3) is 2.29. The van der Waals surface area contributed by atoms with Crippen LogP contribution in [0.3, 0.4) is 0 Å². The quantitative estimate of drug-likeness (QED) is 0.788. The van der Waals surface area contributed by atoms with E-state index < -0.39 is 0 Å². The van der Waals surface area contributed by atoms with Gasteiger partial charge in [-0.2, -0.15) is 0 Å². The van der Waals surface area contributed by atoms with Crippen LogP contribution in [-0.4, -0.2) is 11.0 Å². The topological polar surface area (TPSA) is 49.3 Å². The molecule has 1 aliphatic carbocycles. The third-order valence-electron chi connectivity index (χ3n) is 2.89. The minimum atomic E-state index is 0.103. The molecule has 0 aliphatic heterocycles. The van der Waals surface area contributed by atoms with Crippen molar-refractivity contribution in [2.75, 3.05) is 0 Å². The second kappa shape index (κ2) is 3.93. The van der Waals surface area contributed by atoms with Gasteiger partial charge >= 0.3 is 0 Å². The van der Waals surface area contributed by atoms with Crippen molar-refractivity contribution in [3.05, 3.63) is 29.8 Å². The fraction of sp³-hybridized carbons (Fsp3) is 0.417. The Morgan fingerprint density at radius 1 is 1.53 bits per heavy atom. The molecule has 0 bridgehead atoms. The van der Waals surface area contributed by atoms with Gasteiger partial charge in [0.25, 0.3) is 0 Å². The van der Waals surface area contributed by atoms with E-state index in [2.05, 4.69) is 12.2 Å². The fourth-order valence-corrected chi connectivity index (χ4v) is 1.66. The van der Waals surface area contributed by atoms with Crippen molar-refractivity contribution in [1.29, 1.82) is 0 Å². The van der Waals surface area contributed by atoms with Crippen LogP contribution in [0.1, 0.15) is 18.9 Å². The van der Waals surface area contributed by atoms with Gasteiger partial charge in [0.1, 0.15) is 5.75 Å². The molecule has 0 aromatic heterocycles. The van der Waals surface area contributed by atoms with Gasteiger partial charge in [0.2, 0.25) is 5.91 Å². The summed E-state index contributed by atoms with van der Waals surface area (Å²) in [5.74, 6) is 1.05. The van der Waals surface area contributed by atoms with E-state index in [0.29, 0.717) is 12.5 Å². The summed E-state index contributed by atoms with van der Waals surface area (Å²) < 4.78 is 0. The highest BCUT2D eigenvalue weighted by Gasteiger charge is 2.38. The first-order valence-corrected chi connectivity index (χ1v) is 5.23. The van der Waals surface area contributed by atoms with Crippen molar-refractivity contribution in [2.24, 2.45) is 11.8 Å². The van der Waals surface area contributed by atoms with Crippen LogP contribution in [0.15, 0.2) is 24.3 Å². The minimum Gasteiger partial charge on any atom is -0.508 e. The number of aromatic hydroxyl groups is 1. The van der Waals surface area contributed by atoms with E-state index in [1.54, 1.807) is 12.1 Å². The lowest BCUT2D eigenvalue weighted by atomic mass is 10.2. The molecule has 3 heteroatoms. The molecule has 1 saturated carbocycles. The van der Waals surface area contributed by atoms with Crippen molar-refractivity contribution in [2.45, 2.75) is 19.9 Å². The first kappa shape index (κ1) is 10.0. The van der Waals surface area contributed by atoms with Gasteiger partial charge in [-0.05, 0) is 18.4 Å². The lowest BCUT2D eigenvalue weighted by Crippen LogP contribution is -2.24. The van der Waals surface area contributed by atoms with Gasteiger partial charge in [-0.3, -0.25) is 4.79 Å². The highest BCUT2D eigenvalue weighted by molar-refractivity contribution is 5.81. The molecule has 0 spiro atoms. The van der Waals surface area contributed by atoms with E-state index >= 15 is 0 Å². The highest BCUT2D eigenvalue weighted by atomic mass is 16.3. The summed E-state index contributed by atoms with van der Waals surface area (Å²) in [4.78, 5) is 11.5. The maximum atomic E-state index is 11.5. The first-order chi connectivity index (χ1) is 7.18. The molecular formula is C12H15NO2. The Bertz CT molecular complexity index is 376. The average Bonchev–Trinajstić information content (AvgIpc) is 2.94. The second-order valence-electron chi connectivity index (χ2n) is 4.17. The maximum Gasteiger partial charge on any atom is 0.223 e. The summed E-state index contributed by atoms with van der Waals surface area (Å²) in [7, 11) is 0. The van der Waals surface area contributed by atoms with Gasteiger partial charge in [-0.1, -0.05) is 25.1 Å². The predicted molar refractivity (Wildman–Crippen MR) is 57.2 cm³/mol. The number of carbonyl (C=O) groups is 1. The summed E-state index contributed by atoms with van der Waals surface area (Å²) in [6.07, 6.45) is 0.993. The molecule has 2 N–H and O–H groups in total. The molecule has 2 unspecified atom stereocenters. The molecule has 1 aliphatic rings. The van der Waals surface area contributed by atoms with E-state index in [1.165, 1.54) is 0 Å². The van der Waals surface area contributed by atoms with E-state index in [9.17, 15) is 9.90 Å². The van der Waals surface area contributed by atoms with Crippen molar-refractivity contribution in [3.63, 3.8) is 0 Å². The Labute approximate surface area is 89.1 Å². The Balaban J connectivity index is 1.88. The summed E-state index contributed by atoms with van der Waals surface area (Å²) in [5.41, 5.74) is 0.763. The number of phenolic OH excluding ortho intramolecular Hbond substituents is 1. The highest BCUT2D eigenvalue weighted by Crippen LogP contribution is 2.37. The number of phenols is 1. The molecule has 2 atom stereocenters. The monoisotopic (exact) mass is 205 g/mol. The number of hydrogen-bond donors (Lipinski definition) is 2. The smallest absolute Gasteiger partial charge is 0.223 e. The lowest BCUT2D eigenvalue weighted by molar-refractivity contribution is -0.122. The fourth-order valence-electron chi connectivity index (χ4n) is 1.66. The van der Waals surface area contributed by atoms with Crippen LogP contribution in [-0.2, 0) is 11.3 Å². The van der Waals surface area contributed by atoms with Gasteiger partial charge in [0, 0.05) is 18.0 Å². The molecule has 1 aromatic rings.